The number of aromatic nitrogens is 3. The van der Waals surface area contributed by atoms with Gasteiger partial charge in [-0.2, -0.15) is 5.26 Å². The summed E-state index contributed by atoms with van der Waals surface area (Å²) in [4.78, 5) is 16.7. The number of halogens is 3. The fourth-order valence-electron chi connectivity index (χ4n) is 4.73. The standard InChI is InChI=1S/C26H21ClF2N6O/c1-2-20(36)34-10-11-35(16(13-34)8-9-30)26-18-12-31-24(23(29)25(18)32-14-33-26)17-5-3-4-15-6-7-19(28)22(27)21(15)17/h2-7,12,14,16,20,36H,1,8,10-11,13H2. The predicted molar refractivity (Wildman–Crippen MR) is 134 cm³/mol. The number of aliphatic hydroxyl groups excluding tert-OH is 1. The number of fused-ring (bicyclic) bond motifs is 2. The summed E-state index contributed by atoms with van der Waals surface area (Å²) in [5.41, 5.74) is 0.405. The Morgan fingerprint density at radius 1 is 1.22 bits per heavy atom. The number of nitriles is 1. The van der Waals surface area contributed by atoms with Crippen LogP contribution in [0, 0.1) is 23.0 Å². The second-order valence-electron chi connectivity index (χ2n) is 8.50. The van der Waals surface area contributed by atoms with Crippen molar-refractivity contribution in [3.05, 3.63) is 72.2 Å². The van der Waals surface area contributed by atoms with Crippen LogP contribution in [-0.2, 0) is 0 Å². The molecule has 0 radical (unpaired) electrons. The Morgan fingerprint density at radius 2 is 2.06 bits per heavy atom. The van der Waals surface area contributed by atoms with Crippen LogP contribution in [0.25, 0.3) is 32.9 Å². The Hall–Kier alpha value is -3.71. The van der Waals surface area contributed by atoms with Crippen molar-refractivity contribution in [2.24, 2.45) is 0 Å². The molecular weight excluding hydrogens is 486 g/mol. The quantitative estimate of drug-likeness (QED) is 0.393. The average Bonchev–Trinajstić information content (AvgIpc) is 2.90. The SMILES string of the molecule is C=CC(O)N1CCN(c2ncnc3c(F)c(-c4cccc5ccc(F)c(Cl)c45)ncc23)C(CC#N)C1. The van der Waals surface area contributed by atoms with Crippen molar-refractivity contribution in [1.29, 1.82) is 5.26 Å². The highest BCUT2D eigenvalue weighted by atomic mass is 35.5. The summed E-state index contributed by atoms with van der Waals surface area (Å²) in [6.45, 7) is 4.97. The van der Waals surface area contributed by atoms with Gasteiger partial charge >= 0.3 is 0 Å². The van der Waals surface area contributed by atoms with Gasteiger partial charge < -0.3 is 10.0 Å². The molecule has 182 valence electrons. The van der Waals surface area contributed by atoms with Crippen LogP contribution >= 0.6 is 11.6 Å². The van der Waals surface area contributed by atoms with Gasteiger partial charge in [-0.1, -0.05) is 42.4 Å². The Labute approximate surface area is 210 Å². The smallest absolute Gasteiger partial charge is 0.175 e. The molecule has 7 nitrogen and oxygen atoms in total. The zero-order chi connectivity index (χ0) is 25.4. The van der Waals surface area contributed by atoms with E-state index in [9.17, 15) is 14.8 Å². The molecule has 3 heterocycles. The minimum atomic E-state index is -0.825. The molecule has 5 rings (SSSR count). The van der Waals surface area contributed by atoms with Crippen LogP contribution in [0.2, 0.25) is 5.02 Å². The maximum absolute atomic E-state index is 15.9. The van der Waals surface area contributed by atoms with Crippen molar-refractivity contribution in [2.45, 2.75) is 18.7 Å². The minimum absolute atomic E-state index is 0.00208. The first-order valence-corrected chi connectivity index (χ1v) is 11.7. The Balaban J connectivity index is 1.62. The first-order valence-electron chi connectivity index (χ1n) is 11.3. The van der Waals surface area contributed by atoms with Crippen LogP contribution in [-0.4, -0.2) is 56.9 Å². The lowest BCUT2D eigenvalue weighted by Crippen LogP contribution is -2.56. The molecule has 0 spiro atoms. The van der Waals surface area contributed by atoms with Gasteiger partial charge in [0.15, 0.2) is 5.82 Å². The van der Waals surface area contributed by atoms with Gasteiger partial charge in [0.05, 0.1) is 28.9 Å². The maximum Gasteiger partial charge on any atom is 0.175 e. The van der Waals surface area contributed by atoms with Crippen LogP contribution in [0.15, 0.2) is 55.5 Å². The number of aliphatic hydroxyl groups is 1. The lowest BCUT2D eigenvalue weighted by atomic mass is 10.0. The topological polar surface area (TPSA) is 89.2 Å². The number of anilines is 1. The fourth-order valence-corrected chi connectivity index (χ4v) is 5.00. The molecule has 1 N–H and O–H groups in total. The van der Waals surface area contributed by atoms with Crippen molar-refractivity contribution in [2.75, 3.05) is 24.5 Å². The van der Waals surface area contributed by atoms with Crippen molar-refractivity contribution in [1.82, 2.24) is 19.9 Å². The summed E-state index contributed by atoms with van der Waals surface area (Å²) in [7, 11) is 0. The van der Waals surface area contributed by atoms with E-state index in [1.54, 1.807) is 24.3 Å². The van der Waals surface area contributed by atoms with Gasteiger partial charge in [-0.3, -0.25) is 9.88 Å². The van der Waals surface area contributed by atoms with Crippen LogP contribution in [0.1, 0.15) is 6.42 Å². The van der Waals surface area contributed by atoms with Gasteiger partial charge in [-0.25, -0.2) is 18.7 Å². The van der Waals surface area contributed by atoms with E-state index in [0.29, 0.717) is 47.2 Å². The Kier molecular flexibility index (Phi) is 6.49. The molecule has 2 atom stereocenters. The molecular formula is C26H21ClF2N6O. The van der Waals surface area contributed by atoms with E-state index < -0.39 is 17.9 Å². The van der Waals surface area contributed by atoms with Gasteiger partial charge in [-0.15, -0.1) is 0 Å². The molecule has 10 heteroatoms. The maximum atomic E-state index is 15.9. The van der Waals surface area contributed by atoms with Crippen LogP contribution in [0.3, 0.4) is 0 Å². The lowest BCUT2D eigenvalue weighted by Gasteiger charge is -2.42. The molecule has 0 aliphatic carbocycles. The molecule has 1 aliphatic rings. The number of piperazine rings is 1. The predicted octanol–water partition coefficient (Wildman–Crippen LogP) is 4.69. The summed E-state index contributed by atoms with van der Waals surface area (Å²) in [6.07, 6.45) is 3.55. The molecule has 2 aromatic carbocycles. The molecule has 2 unspecified atom stereocenters. The van der Waals surface area contributed by atoms with E-state index in [0.717, 1.165) is 0 Å². The third-order valence-electron chi connectivity index (χ3n) is 6.49. The molecule has 1 saturated heterocycles. The summed E-state index contributed by atoms with van der Waals surface area (Å²) < 4.78 is 30.1. The van der Waals surface area contributed by atoms with Gasteiger partial charge in [0, 0.05) is 36.8 Å². The average molecular weight is 507 g/mol. The molecule has 0 bridgehead atoms. The van der Waals surface area contributed by atoms with E-state index in [1.807, 2.05) is 9.80 Å². The highest BCUT2D eigenvalue weighted by Gasteiger charge is 2.31. The highest BCUT2D eigenvalue weighted by Crippen LogP contribution is 2.38. The fraction of sp³-hybridized carbons (Fsp3) is 0.231. The first kappa shape index (κ1) is 24.0. The number of hydrogen-bond acceptors (Lipinski definition) is 7. The summed E-state index contributed by atoms with van der Waals surface area (Å²) in [5.74, 6) is -0.832. The summed E-state index contributed by atoms with van der Waals surface area (Å²) in [5, 5.41) is 20.9. The van der Waals surface area contributed by atoms with Crippen LogP contribution in [0.4, 0.5) is 14.6 Å². The normalized spacial score (nSPS) is 17.3. The summed E-state index contributed by atoms with van der Waals surface area (Å²) >= 11 is 6.26. The van der Waals surface area contributed by atoms with Gasteiger partial charge in [0.25, 0.3) is 0 Å². The molecule has 1 aliphatic heterocycles. The van der Waals surface area contributed by atoms with E-state index in [1.165, 1.54) is 24.7 Å². The molecule has 0 amide bonds. The van der Waals surface area contributed by atoms with Crippen molar-refractivity contribution >= 4 is 39.1 Å². The number of benzene rings is 2. The first-order chi connectivity index (χ1) is 17.4. The van der Waals surface area contributed by atoms with E-state index in [-0.39, 0.29) is 28.7 Å². The lowest BCUT2D eigenvalue weighted by molar-refractivity contribution is 0.0283. The highest BCUT2D eigenvalue weighted by molar-refractivity contribution is 6.36. The zero-order valence-electron chi connectivity index (χ0n) is 19.1. The van der Waals surface area contributed by atoms with Crippen molar-refractivity contribution in [3.8, 4) is 17.3 Å². The van der Waals surface area contributed by atoms with Gasteiger partial charge in [0.1, 0.15) is 35.4 Å². The third kappa shape index (κ3) is 4.03. The molecule has 36 heavy (non-hydrogen) atoms. The largest absolute Gasteiger partial charge is 0.375 e. The molecule has 1 fully saturated rings. The van der Waals surface area contributed by atoms with Crippen molar-refractivity contribution < 1.29 is 13.9 Å². The monoisotopic (exact) mass is 506 g/mol. The van der Waals surface area contributed by atoms with E-state index in [2.05, 4.69) is 27.6 Å². The number of hydrogen-bond donors (Lipinski definition) is 1. The number of nitrogens with zero attached hydrogens (tertiary/aromatic N) is 6. The van der Waals surface area contributed by atoms with Gasteiger partial charge in [-0.05, 0) is 17.5 Å². The van der Waals surface area contributed by atoms with Crippen LogP contribution < -0.4 is 4.90 Å². The summed E-state index contributed by atoms with van der Waals surface area (Å²) in [6, 6.07) is 9.87. The Morgan fingerprint density at radius 3 is 2.83 bits per heavy atom. The van der Waals surface area contributed by atoms with Crippen LogP contribution in [0.5, 0.6) is 0 Å². The molecule has 4 aromatic rings. The third-order valence-corrected chi connectivity index (χ3v) is 6.86. The molecule has 2 aromatic heterocycles. The second-order valence-corrected chi connectivity index (χ2v) is 8.88. The Bertz CT molecular complexity index is 1520. The van der Waals surface area contributed by atoms with Crippen molar-refractivity contribution in [3.63, 3.8) is 0 Å². The number of pyridine rings is 1. The van der Waals surface area contributed by atoms with Gasteiger partial charge in [0.2, 0.25) is 0 Å². The number of rotatable bonds is 5. The minimum Gasteiger partial charge on any atom is -0.375 e. The van der Waals surface area contributed by atoms with E-state index >= 15 is 4.39 Å². The second kappa shape index (κ2) is 9.74. The molecule has 0 saturated carbocycles. The van der Waals surface area contributed by atoms with E-state index in [4.69, 9.17) is 11.6 Å². The zero-order valence-corrected chi connectivity index (χ0v) is 19.8.